The molecule has 5 heteroatoms. The van der Waals surface area contributed by atoms with Crippen LogP contribution in [0.1, 0.15) is 34.6 Å². The van der Waals surface area contributed by atoms with Gasteiger partial charge in [-0.3, -0.25) is 0 Å². The fourth-order valence-corrected chi connectivity index (χ4v) is 2.14. The summed E-state index contributed by atoms with van der Waals surface area (Å²) < 4.78 is 12.2. The van der Waals surface area contributed by atoms with E-state index in [0.29, 0.717) is 6.04 Å². The number of nitrogens with one attached hydrogen (secondary N) is 1. The first-order chi connectivity index (χ1) is 9.27. The van der Waals surface area contributed by atoms with Crippen LogP contribution in [0.15, 0.2) is 36.2 Å². The average Bonchev–Trinajstić information content (AvgIpc) is 2.57. The minimum atomic E-state index is -0.311. The molecule has 0 spiro atoms. The second-order valence-corrected chi connectivity index (χ2v) is 6.37. The van der Waals surface area contributed by atoms with Gasteiger partial charge >= 0.3 is 7.12 Å². The van der Waals surface area contributed by atoms with E-state index in [1.54, 1.807) is 0 Å². The number of hydrogen-bond acceptors (Lipinski definition) is 4. The molecule has 0 bridgehead atoms. The summed E-state index contributed by atoms with van der Waals surface area (Å²) >= 11 is 0. The van der Waals surface area contributed by atoms with E-state index >= 15 is 0 Å². The Morgan fingerprint density at radius 2 is 1.85 bits per heavy atom. The molecule has 110 valence electrons. The van der Waals surface area contributed by atoms with Gasteiger partial charge in [0.25, 0.3) is 0 Å². The van der Waals surface area contributed by atoms with Crippen LogP contribution in [-0.4, -0.2) is 36.3 Å². The van der Waals surface area contributed by atoms with Crippen molar-refractivity contribution in [3.63, 3.8) is 0 Å². The first-order valence-corrected chi connectivity index (χ1v) is 7.14. The van der Waals surface area contributed by atoms with Crippen molar-refractivity contribution < 1.29 is 9.31 Å². The molecule has 4 nitrogen and oxygen atoms in total. The van der Waals surface area contributed by atoms with Crippen LogP contribution < -0.4 is 5.32 Å². The maximum Gasteiger partial charge on any atom is 0.496 e. The van der Waals surface area contributed by atoms with Crippen molar-refractivity contribution in [1.29, 1.82) is 0 Å². The van der Waals surface area contributed by atoms with Crippen LogP contribution in [0.2, 0.25) is 0 Å². The third-order valence-corrected chi connectivity index (χ3v) is 4.27. The zero-order valence-corrected chi connectivity index (χ0v) is 13.3. The summed E-state index contributed by atoms with van der Waals surface area (Å²) in [5.74, 6) is 0. The highest BCUT2D eigenvalue weighted by molar-refractivity contribution is 6.55. The zero-order chi connectivity index (χ0) is 15.0. The van der Waals surface area contributed by atoms with Crippen LogP contribution in [0.25, 0.3) is 0 Å². The van der Waals surface area contributed by atoms with Crippen molar-refractivity contribution >= 4 is 7.12 Å². The van der Waals surface area contributed by atoms with E-state index < -0.39 is 0 Å². The SMILES string of the molecule is CN/C=C\N1C=C(B2OC(C)(C)C(C)(C)O2)C=CC1C. The maximum absolute atomic E-state index is 6.08. The van der Waals surface area contributed by atoms with Crippen LogP contribution in [0.3, 0.4) is 0 Å². The molecule has 0 amide bonds. The van der Waals surface area contributed by atoms with Crippen LogP contribution in [0.5, 0.6) is 0 Å². The lowest BCUT2D eigenvalue weighted by Gasteiger charge is -2.32. The molecule has 0 saturated carbocycles. The first-order valence-electron chi connectivity index (χ1n) is 7.14. The average molecular weight is 276 g/mol. The number of hydrogen-bond donors (Lipinski definition) is 1. The maximum atomic E-state index is 6.08. The van der Waals surface area contributed by atoms with Crippen LogP contribution in [0.4, 0.5) is 0 Å². The minimum Gasteiger partial charge on any atom is -0.399 e. The van der Waals surface area contributed by atoms with Gasteiger partial charge in [0.2, 0.25) is 0 Å². The molecular weight excluding hydrogens is 251 g/mol. The van der Waals surface area contributed by atoms with Gasteiger partial charge in [-0.1, -0.05) is 12.2 Å². The quantitative estimate of drug-likeness (QED) is 0.803. The molecule has 0 aromatic heterocycles. The van der Waals surface area contributed by atoms with Gasteiger partial charge in [-0.05, 0) is 40.1 Å². The highest BCUT2D eigenvalue weighted by Gasteiger charge is 2.52. The van der Waals surface area contributed by atoms with Gasteiger partial charge in [0.15, 0.2) is 0 Å². The molecule has 0 aromatic carbocycles. The lowest BCUT2D eigenvalue weighted by molar-refractivity contribution is 0.00578. The number of nitrogens with zero attached hydrogens (tertiary/aromatic N) is 1. The van der Waals surface area contributed by atoms with Crippen molar-refractivity contribution in [1.82, 2.24) is 10.2 Å². The molecule has 1 unspecified atom stereocenters. The Bertz CT molecular complexity index is 439. The van der Waals surface area contributed by atoms with Crippen molar-refractivity contribution in [2.75, 3.05) is 7.05 Å². The standard InChI is InChI=1S/C15H25BN2O2/c1-12-7-8-13(11-18(12)10-9-17-6)16-19-14(2,3)15(4,5)20-16/h7-12,17H,1-6H3/b10-9-. The molecule has 0 radical (unpaired) electrons. The van der Waals surface area contributed by atoms with E-state index in [2.05, 4.69) is 63.2 Å². The second-order valence-electron chi connectivity index (χ2n) is 6.37. The monoisotopic (exact) mass is 276 g/mol. The highest BCUT2D eigenvalue weighted by Crippen LogP contribution is 2.39. The topological polar surface area (TPSA) is 33.7 Å². The molecule has 2 aliphatic heterocycles. The molecule has 2 heterocycles. The molecule has 2 rings (SSSR count). The second kappa shape index (κ2) is 5.30. The van der Waals surface area contributed by atoms with Gasteiger partial charge in [0, 0.05) is 31.7 Å². The van der Waals surface area contributed by atoms with E-state index in [4.69, 9.17) is 9.31 Å². The van der Waals surface area contributed by atoms with E-state index in [-0.39, 0.29) is 18.3 Å². The molecule has 1 atom stereocenters. The Kier molecular flexibility index (Phi) is 4.03. The summed E-state index contributed by atoms with van der Waals surface area (Å²) in [5.41, 5.74) is 0.435. The Hall–Kier alpha value is -1.20. The Labute approximate surface area is 122 Å². The predicted octanol–water partition coefficient (Wildman–Crippen LogP) is 2.45. The van der Waals surface area contributed by atoms with Gasteiger partial charge in [-0.25, -0.2) is 0 Å². The number of rotatable bonds is 3. The Morgan fingerprint density at radius 3 is 2.40 bits per heavy atom. The summed E-state index contributed by atoms with van der Waals surface area (Å²) in [7, 11) is 1.58. The molecular formula is C15H25BN2O2. The van der Waals surface area contributed by atoms with Gasteiger partial charge < -0.3 is 19.5 Å². The van der Waals surface area contributed by atoms with Gasteiger partial charge in [-0.15, -0.1) is 0 Å². The summed E-state index contributed by atoms with van der Waals surface area (Å²) in [6.07, 6.45) is 10.3. The van der Waals surface area contributed by atoms with Crippen LogP contribution in [-0.2, 0) is 9.31 Å². The summed E-state index contributed by atoms with van der Waals surface area (Å²) in [4.78, 5) is 2.14. The lowest BCUT2D eigenvalue weighted by atomic mass is 9.77. The summed E-state index contributed by atoms with van der Waals surface area (Å²) in [6, 6.07) is 0.325. The number of allylic oxidation sites excluding steroid dienone is 2. The van der Waals surface area contributed by atoms with Crippen LogP contribution in [0, 0.1) is 0 Å². The first kappa shape index (κ1) is 15.2. The zero-order valence-electron chi connectivity index (χ0n) is 13.3. The van der Waals surface area contributed by atoms with E-state index in [0.717, 1.165) is 5.47 Å². The Morgan fingerprint density at radius 1 is 1.25 bits per heavy atom. The molecule has 2 aliphatic rings. The molecule has 1 fully saturated rings. The van der Waals surface area contributed by atoms with Gasteiger partial charge in [0.1, 0.15) is 0 Å². The van der Waals surface area contributed by atoms with Gasteiger partial charge in [-0.2, -0.15) is 0 Å². The minimum absolute atomic E-state index is 0.305. The van der Waals surface area contributed by atoms with Crippen molar-refractivity contribution in [2.45, 2.75) is 51.9 Å². The molecule has 1 N–H and O–H groups in total. The van der Waals surface area contributed by atoms with E-state index in [9.17, 15) is 0 Å². The van der Waals surface area contributed by atoms with Crippen molar-refractivity contribution in [3.05, 3.63) is 36.2 Å². The molecule has 0 aliphatic carbocycles. The van der Waals surface area contributed by atoms with Crippen molar-refractivity contribution in [2.24, 2.45) is 0 Å². The van der Waals surface area contributed by atoms with Crippen molar-refractivity contribution in [3.8, 4) is 0 Å². The summed E-state index contributed by atoms with van der Waals surface area (Å²) in [6.45, 7) is 10.4. The van der Waals surface area contributed by atoms with E-state index in [1.165, 1.54) is 0 Å². The normalized spacial score (nSPS) is 28.1. The third-order valence-electron chi connectivity index (χ3n) is 4.27. The Balaban J connectivity index is 2.18. The fourth-order valence-electron chi connectivity index (χ4n) is 2.14. The largest absolute Gasteiger partial charge is 0.496 e. The summed E-state index contributed by atoms with van der Waals surface area (Å²) in [5, 5.41) is 3.01. The third kappa shape index (κ3) is 2.79. The smallest absolute Gasteiger partial charge is 0.399 e. The fraction of sp³-hybridized carbons (Fsp3) is 0.600. The predicted molar refractivity (Wildman–Crippen MR) is 82.8 cm³/mol. The van der Waals surface area contributed by atoms with Crippen LogP contribution >= 0.6 is 0 Å². The lowest BCUT2D eigenvalue weighted by Crippen LogP contribution is -2.41. The van der Waals surface area contributed by atoms with E-state index in [1.807, 2.05) is 19.4 Å². The highest BCUT2D eigenvalue weighted by atomic mass is 16.7. The van der Waals surface area contributed by atoms with Gasteiger partial charge in [0.05, 0.1) is 11.2 Å². The molecule has 0 aromatic rings. The molecule has 1 saturated heterocycles. The molecule has 20 heavy (non-hydrogen) atoms.